The van der Waals surface area contributed by atoms with Gasteiger partial charge in [-0.1, -0.05) is 18.2 Å². The third-order valence-corrected chi connectivity index (χ3v) is 6.76. The van der Waals surface area contributed by atoms with Crippen molar-refractivity contribution in [3.05, 3.63) is 107 Å². The Morgan fingerprint density at radius 2 is 1.85 bits per heavy atom. The van der Waals surface area contributed by atoms with E-state index in [2.05, 4.69) is 68.9 Å². The summed E-state index contributed by atoms with van der Waals surface area (Å²) >= 11 is 5.86. The molecular formula is C27H27N5OS. The Morgan fingerprint density at radius 1 is 1.03 bits per heavy atom. The molecule has 7 heteroatoms. The number of hydrogen-bond acceptors (Lipinski definition) is 4. The number of nitrogens with zero attached hydrogens (tertiary/aromatic N) is 4. The number of rotatable bonds is 6. The number of methoxy groups -OCH3 is 1. The summed E-state index contributed by atoms with van der Waals surface area (Å²) in [7, 11) is 1.68. The van der Waals surface area contributed by atoms with E-state index in [1.54, 1.807) is 13.3 Å². The molecule has 0 bridgehead atoms. The standard InChI is InChI=1S/C27H27N5OS/c1-18-15-23(19(2)32(18)21-7-6-13-28-16-21)26-25(24-8-4-5-14-29-24)30-27(34)31(26)17-20-9-11-22(33-3)12-10-20/h4-16,25-26H,17H2,1-3H3,(H,30,34)/t25-,26+/m0/s1. The van der Waals surface area contributed by atoms with E-state index in [0.29, 0.717) is 6.54 Å². The Morgan fingerprint density at radius 3 is 2.53 bits per heavy atom. The SMILES string of the molecule is COc1ccc(CN2C(=S)N[C@@H](c3ccccn3)[C@H]2c2cc(C)n(-c3cccnc3)c2C)cc1. The fraction of sp³-hybridized carbons (Fsp3) is 0.222. The highest BCUT2D eigenvalue weighted by atomic mass is 32.1. The van der Waals surface area contributed by atoms with Crippen LogP contribution < -0.4 is 10.1 Å². The maximum Gasteiger partial charge on any atom is 0.170 e. The first-order chi connectivity index (χ1) is 16.6. The minimum absolute atomic E-state index is 0.0128. The number of benzene rings is 1. The van der Waals surface area contributed by atoms with Crippen LogP contribution in [0.25, 0.3) is 5.69 Å². The van der Waals surface area contributed by atoms with Gasteiger partial charge in [-0.15, -0.1) is 0 Å². The highest BCUT2D eigenvalue weighted by Gasteiger charge is 2.41. The van der Waals surface area contributed by atoms with Crippen molar-refractivity contribution < 1.29 is 4.74 Å². The Kier molecular flexibility index (Phi) is 6.02. The van der Waals surface area contributed by atoms with Crippen LogP contribution in [0.2, 0.25) is 0 Å². The molecule has 172 valence electrons. The van der Waals surface area contributed by atoms with Crippen LogP contribution in [0.3, 0.4) is 0 Å². The zero-order valence-electron chi connectivity index (χ0n) is 19.5. The molecule has 0 amide bonds. The molecule has 1 aromatic carbocycles. The molecule has 1 aliphatic heterocycles. The molecule has 0 aliphatic carbocycles. The summed E-state index contributed by atoms with van der Waals surface area (Å²) in [6, 6.07) is 20.4. The summed E-state index contributed by atoms with van der Waals surface area (Å²) in [6.45, 7) is 4.98. The van der Waals surface area contributed by atoms with Crippen molar-refractivity contribution in [3.63, 3.8) is 0 Å². The molecule has 0 spiro atoms. The van der Waals surface area contributed by atoms with Gasteiger partial charge < -0.3 is 19.5 Å². The van der Waals surface area contributed by atoms with Crippen molar-refractivity contribution >= 4 is 17.3 Å². The molecule has 4 heterocycles. The lowest BCUT2D eigenvalue weighted by molar-refractivity contribution is 0.310. The smallest absolute Gasteiger partial charge is 0.170 e. The Balaban J connectivity index is 1.59. The summed E-state index contributed by atoms with van der Waals surface area (Å²) in [5.41, 5.74) is 6.73. The van der Waals surface area contributed by atoms with Crippen molar-refractivity contribution in [2.45, 2.75) is 32.5 Å². The average Bonchev–Trinajstić information content (AvgIpc) is 3.35. The monoisotopic (exact) mass is 469 g/mol. The molecule has 0 saturated carbocycles. The van der Waals surface area contributed by atoms with Gasteiger partial charge in [-0.25, -0.2) is 0 Å². The van der Waals surface area contributed by atoms with Gasteiger partial charge in [-0.05, 0) is 79.7 Å². The Bertz CT molecular complexity index is 1290. The van der Waals surface area contributed by atoms with Crippen molar-refractivity contribution in [1.82, 2.24) is 24.8 Å². The Hall–Kier alpha value is -3.71. The lowest BCUT2D eigenvalue weighted by Gasteiger charge is -2.28. The predicted octanol–water partition coefficient (Wildman–Crippen LogP) is 5.07. The first-order valence-corrected chi connectivity index (χ1v) is 11.7. The topological polar surface area (TPSA) is 55.2 Å². The second kappa shape index (κ2) is 9.27. The summed E-state index contributed by atoms with van der Waals surface area (Å²) in [5.74, 6) is 0.841. The van der Waals surface area contributed by atoms with Gasteiger partial charge >= 0.3 is 0 Å². The van der Waals surface area contributed by atoms with E-state index in [1.807, 2.05) is 42.7 Å². The van der Waals surface area contributed by atoms with Crippen LogP contribution in [-0.4, -0.2) is 31.7 Å². The first kappa shape index (κ1) is 22.1. The van der Waals surface area contributed by atoms with Gasteiger partial charge in [0.2, 0.25) is 0 Å². The molecule has 3 aromatic heterocycles. The molecule has 4 aromatic rings. The van der Waals surface area contributed by atoms with Crippen LogP contribution >= 0.6 is 12.2 Å². The fourth-order valence-corrected chi connectivity index (χ4v) is 5.12. The van der Waals surface area contributed by atoms with Gasteiger partial charge in [-0.2, -0.15) is 0 Å². The van der Waals surface area contributed by atoms with Crippen molar-refractivity contribution in [3.8, 4) is 11.4 Å². The van der Waals surface area contributed by atoms with E-state index in [1.165, 1.54) is 11.3 Å². The van der Waals surface area contributed by atoms with Crippen LogP contribution in [-0.2, 0) is 6.54 Å². The van der Waals surface area contributed by atoms with E-state index in [-0.39, 0.29) is 12.1 Å². The molecule has 6 nitrogen and oxygen atoms in total. The largest absolute Gasteiger partial charge is 0.497 e. The van der Waals surface area contributed by atoms with E-state index in [9.17, 15) is 0 Å². The minimum Gasteiger partial charge on any atom is -0.497 e. The molecule has 2 atom stereocenters. The van der Waals surface area contributed by atoms with Crippen LogP contribution in [0, 0.1) is 13.8 Å². The third-order valence-electron chi connectivity index (χ3n) is 6.40. The summed E-state index contributed by atoms with van der Waals surface area (Å²) in [6.07, 6.45) is 5.53. The molecule has 1 aliphatic rings. The lowest BCUT2D eigenvalue weighted by Crippen LogP contribution is -2.29. The highest BCUT2D eigenvalue weighted by molar-refractivity contribution is 7.80. The van der Waals surface area contributed by atoms with Gasteiger partial charge in [0.1, 0.15) is 5.75 Å². The highest BCUT2D eigenvalue weighted by Crippen LogP contribution is 2.42. The summed E-state index contributed by atoms with van der Waals surface area (Å²) in [4.78, 5) is 11.3. The van der Waals surface area contributed by atoms with Crippen molar-refractivity contribution in [2.24, 2.45) is 0 Å². The molecule has 0 radical (unpaired) electrons. The van der Waals surface area contributed by atoms with E-state index >= 15 is 0 Å². The maximum absolute atomic E-state index is 5.86. The number of hydrogen-bond donors (Lipinski definition) is 1. The van der Waals surface area contributed by atoms with Crippen LogP contribution in [0.1, 0.15) is 40.3 Å². The number of aryl methyl sites for hydroxylation is 1. The van der Waals surface area contributed by atoms with Gasteiger partial charge in [0.25, 0.3) is 0 Å². The number of aromatic nitrogens is 3. The van der Waals surface area contributed by atoms with Gasteiger partial charge in [0.05, 0.1) is 36.8 Å². The fourth-order valence-electron chi connectivity index (χ4n) is 4.81. The van der Waals surface area contributed by atoms with Crippen molar-refractivity contribution in [1.29, 1.82) is 0 Å². The molecule has 1 fully saturated rings. The molecule has 5 rings (SSSR count). The van der Waals surface area contributed by atoms with Gasteiger partial charge in [-0.3, -0.25) is 9.97 Å². The maximum atomic E-state index is 5.86. The molecule has 1 N–H and O–H groups in total. The second-order valence-electron chi connectivity index (χ2n) is 8.48. The molecular weight excluding hydrogens is 442 g/mol. The zero-order valence-corrected chi connectivity index (χ0v) is 20.3. The third kappa shape index (κ3) is 4.03. The van der Waals surface area contributed by atoms with Crippen LogP contribution in [0.5, 0.6) is 5.75 Å². The number of pyridine rings is 2. The van der Waals surface area contributed by atoms with Crippen molar-refractivity contribution in [2.75, 3.05) is 7.11 Å². The summed E-state index contributed by atoms with van der Waals surface area (Å²) < 4.78 is 7.59. The van der Waals surface area contributed by atoms with E-state index in [0.717, 1.165) is 33.5 Å². The van der Waals surface area contributed by atoms with Gasteiger partial charge in [0, 0.05) is 30.3 Å². The second-order valence-corrected chi connectivity index (χ2v) is 8.86. The number of thiocarbonyl (C=S) groups is 1. The van der Waals surface area contributed by atoms with E-state index in [4.69, 9.17) is 17.0 Å². The first-order valence-electron chi connectivity index (χ1n) is 11.3. The minimum atomic E-state index is -0.0604. The molecule has 0 unspecified atom stereocenters. The van der Waals surface area contributed by atoms with Crippen LogP contribution in [0.15, 0.2) is 79.3 Å². The van der Waals surface area contributed by atoms with Crippen LogP contribution in [0.4, 0.5) is 0 Å². The van der Waals surface area contributed by atoms with E-state index < -0.39 is 0 Å². The normalized spacial score (nSPS) is 17.6. The number of nitrogens with one attached hydrogen (secondary N) is 1. The number of ether oxygens (including phenoxy) is 1. The summed E-state index contributed by atoms with van der Waals surface area (Å²) in [5, 5.41) is 4.28. The lowest BCUT2D eigenvalue weighted by atomic mass is 9.96. The quantitative estimate of drug-likeness (QED) is 0.398. The predicted molar refractivity (Wildman–Crippen MR) is 137 cm³/mol. The molecule has 1 saturated heterocycles. The Labute approximate surface area is 205 Å². The van der Waals surface area contributed by atoms with Gasteiger partial charge in [0.15, 0.2) is 5.11 Å². The average molecular weight is 470 g/mol. The zero-order chi connectivity index (χ0) is 23.7. The molecule has 34 heavy (non-hydrogen) atoms.